The second-order valence-electron chi connectivity index (χ2n) is 4.56. The summed E-state index contributed by atoms with van der Waals surface area (Å²) in [7, 11) is -3.45. The quantitative estimate of drug-likeness (QED) is 0.932. The summed E-state index contributed by atoms with van der Waals surface area (Å²) < 4.78 is 26.9. The molecule has 0 radical (unpaired) electrons. The van der Waals surface area contributed by atoms with E-state index in [9.17, 15) is 8.42 Å². The summed E-state index contributed by atoms with van der Waals surface area (Å²) in [5, 5.41) is 0. The van der Waals surface area contributed by atoms with Crippen LogP contribution in [-0.2, 0) is 16.6 Å². The van der Waals surface area contributed by atoms with Crippen LogP contribution in [0, 0.1) is 13.8 Å². The van der Waals surface area contributed by atoms with E-state index in [1.54, 1.807) is 12.1 Å². The number of hydrogen-bond donors (Lipinski definition) is 1. The minimum Gasteiger partial charge on any atom is -0.207 e. The first kappa shape index (κ1) is 13.8. The molecule has 4 heteroatoms. The lowest BCUT2D eigenvalue weighted by Gasteiger charge is -2.08. The SMILES string of the molecule is Cc1ccc(S(=O)(=O)NCc2ccccc2)cc1C. The molecule has 19 heavy (non-hydrogen) atoms. The number of nitrogens with one attached hydrogen (secondary N) is 1. The lowest BCUT2D eigenvalue weighted by Crippen LogP contribution is -2.23. The number of aryl methyl sites for hydroxylation is 2. The first-order valence-corrected chi connectivity index (χ1v) is 7.58. The largest absolute Gasteiger partial charge is 0.240 e. The summed E-state index contributed by atoms with van der Waals surface area (Å²) in [6, 6.07) is 14.6. The summed E-state index contributed by atoms with van der Waals surface area (Å²) >= 11 is 0. The van der Waals surface area contributed by atoms with E-state index in [0.29, 0.717) is 11.4 Å². The fraction of sp³-hybridized carbons (Fsp3) is 0.200. The van der Waals surface area contributed by atoms with Gasteiger partial charge in [0.25, 0.3) is 0 Å². The van der Waals surface area contributed by atoms with Gasteiger partial charge in [-0.15, -0.1) is 0 Å². The van der Waals surface area contributed by atoms with E-state index in [1.807, 2.05) is 50.2 Å². The summed E-state index contributed by atoms with van der Waals surface area (Å²) in [4.78, 5) is 0.312. The molecule has 2 aromatic carbocycles. The molecule has 3 nitrogen and oxygen atoms in total. The Bertz CT molecular complexity index is 664. The first-order valence-electron chi connectivity index (χ1n) is 6.10. The van der Waals surface area contributed by atoms with Gasteiger partial charge >= 0.3 is 0 Å². The first-order chi connectivity index (χ1) is 8.99. The van der Waals surface area contributed by atoms with E-state index in [4.69, 9.17) is 0 Å². The van der Waals surface area contributed by atoms with Gasteiger partial charge in [0.1, 0.15) is 0 Å². The summed E-state index contributed by atoms with van der Waals surface area (Å²) in [6.07, 6.45) is 0. The van der Waals surface area contributed by atoms with Crippen molar-refractivity contribution in [3.8, 4) is 0 Å². The van der Waals surface area contributed by atoms with Crippen LogP contribution in [0.15, 0.2) is 53.4 Å². The molecule has 100 valence electrons. The van der Waals surface area contributed by atoms with E-state index in [1.165, 1.54) is 0 Å². The van der Waals surface area contributed by atoms with Crippen molar-refractivity contribution in [3.63, 3.8) is 0 Å². The molecular weight excluding hydrogens is 258 g/mol. The van der Waals surface area contributed by atoms with E-state index in [2.05, 4.69) is 4.72 Å². The zero-order valence-corrected chi connectivity index (χ0v) is 11.9. The Morgan fingerprint density at radius 1 is 0.947 bits per heavy atom. The Kier molecular flexibility index (Phi) is 4.02. The van der Waals surface area contributed by atoms with Crippen molar-refractivity contribution < 1.29 is 8.42 Å². The Balaban J connectivity index is 2.16. The highest BCUT2D eigenvalue weighted by molar-refractivity contribution is 7.89. The van der Waals surface area contributed by atoms with E-state index < -0.39 is 10.0 Å². The van der Waals surface area contributed by atoms with Gasteiger partial charge in [-0.2, -0.15) is 0 Å². The molecule has 0 fully saturated rings. The number of benzene rings is 2. The predicted octanol–water partition coefficient (Wildman–Crippen LogP) is 2.78. The van der Waals surface area contributed by atoms with Crippen molar-refractivity contribution in [1.82, 2.24) is 4.72 Å². The molecule has 0 aliphatic carbocycles. The molecular formula is C15H17NO2S. The van der Waals surface area contributed by atoms with Crippen LogP contribution in [0.5, 0.6) is 0 Å². The number of rotatable bonds is 4. The summed E-state index contributed by atoms with van der Waals surface area (Å²) in [6.45, 7) is 4.17. The molecule has 0 saturated carbocycles. The monoisotopic (exact) mass is 275 g/mol. The maximum absolute atomic E-state index is 12.2. The fourth-order valence-corrected chi connectivity index (χ4v) is 2.84. The van der Waals surface area contributed by atoms with Gasteiger partial charge in [0.05, 0.1) is 4.90 Å². The van der Waals surface area contributed by atoms with Crippen molar-refractivity contribution >= 4 is 10.0 Å². The fourth-order valence-electron chi connectivity index (χ4n) is 1.74. The maximum Gasteiger partial charge on any atom is 0.240 e. The number of hydrogen-bond acceptors (Lipinski definition) is 2. The third kappa shape index (κ3) is 3.43. The molecule has 0 spiro atoms. The Labute approximate surface area is 114 Å². The van der Waals surface area contributed by atoms with Gasteiger partial charge in [-0.3, -0.25) is 0 Å². The molecule has 0 saturated heterocycles. The molecule has 2 aromatic rings. The Morgan fingerprint density at radius 2 is 1.63 bits per heavy atom. The second-order valence-corrected chi connectivity index (χ2v) is 6.32. The molecule has 0 aromatic heterocycles. The second kappa shape index (κ2) is 5.55. The number of sulfonamides is 1. The third-order valence-corrected chi connectivity index (χ3v) is 4.50. The van der Waals surface area contributed by atoms with Gasteiger partial charge in [0, 0.05) is 6.54 Å². The maximum atomic E-state index is 12.2. The molecule has 0 amide bonds. The van der Waals surface area contributed by atoms with Crippen molar-refractivity contribution in [2.45, 2.75) is 25.3 Å². The van der Waals surface area contributed by atoms with E-state index in [0.717, 1.165) is 16.7 Å². The van der Waals surface area contributed by atoms with Crippen LogP contribution in [-0.4, -0.2) is 8.42 Å². The molecule has 0 aliphatic heterocycles. The van der Waals surface area contributed by atoms with Gasteiger partial charge in [-0.05, 0) is 42.7 Å². The standard InChI is InChI=1S/C15H17NO2S/c1-12-8-9-15(10-13(12)2)19(17,18)16-11-14-6-4-3-5-7-14/h3-10,16H,11H2,1-2H3. The minimum absolute atomic E-state index is 0.302. The smallest absolute Gasteiger partial charge is 0.207 e. The van der Waals surface area contributed by atoms with Crippen LogP contribution >= 0.6 is 0 Å². The van der Waals surface area contributed by atoms with Gasteiger partial charge in [0.15, 0.2) is 0 Å². The molecule has 0 bridgehead atoms. The average Bonchev–Trinajstić information content (AvgIpc) is 2.41. The Hall–Kier alpha value is -1.65. The lowest BCUT2D eigenvalue weighted by molar-refractivity contribution is 0.581. The molecule has 1 N–H and O–H groups in total. The van der Waals surface area contributed by atoms with Crippen LogP contribution in [0.3, 0.4) is 0 Å². The molecule has 0 aliphatic rings. The highest BCUT2D eigenvalue weighted by Crippen LogP contribution is 2.15. The minimum atomic E-state index is -3.45. The highest BCUT2D eigenvalue weighted by atomic mass is 32.2. The average molecular weight is 275 g/mol. The molecule has 0 heterocycles. The van der Waals surface area contributed by atoms with Crippen LogP contribution in [0.25, 0.3) is 0 Å². The van der Waals surface area contributed by atoms with Gasteiger partial charge in [0.2, 0.25) is 10.0 Å². The normalized spacial score (nSPS) is 11.5. The Morgan fingerprint density at radius 3 is 2.26 bits per heavy atom. The van der Waals surface area contributed by atoms with Crippen LogP contribution < -0.4 is 4.72 Å². The van der Waals surface area contributed by atoms with E-state index >= 15 is 0 Å². The zero-order chi connectivity index (χ0) is 13.9. The highest BCUT2D eigenvalue weighted by Gasteiger charge is 2.13. The topological polar surface area (TPSA) is 46.2 Å². The third-order valence-electron chi connectivity index (χ3n) is 3.10. The van der Waals surface area contributed by atoms with Crippen molar-refractivity contribution in [3.05, 3.63) is 65.2 Å². The zero-order valence-electron chi connectivity index (χ0n) is 11.1. The van der Waals surface area contributed by atoms with Crippen LogP contribution in [0.1, 0.15) is 16.7 Å². The van der Waals surface area contributed by atoms with Gasteiger partial charge < -0.3 is 0 Å². The van der Waals surface area contributed by atoms with Crippen LogP contribution in [0.2, 0.25) is 0 Å². The molecule has 2 rings (SSSR count). The summed E-state index contributed by atoms with van der Waals surface area (Å²) in [5.74, 6) is 0. The van der Waals surface area contributed by atoms with Gasteiger partial charge in [-0.1, -0.05) is 36.4 Å². The van der Waals surface area contributed by atoms with Crippen molar-refractivity contribution in [1.29, 1.82) is 0 Å². The lowest BCUT2D eigenvalue weighted by atomic mass is 10.1. The van der Waals surface area contributed by atoms with E-state index in [-0.39, 0.29) is 0 Å². The van der Waals surface area contributed by atoms with Gasteiger partial charge in [-0.25, -0.2) is 13.1 Å². The molecule has 0 atom stereocenters. The summed E-state index contributed by atoms with van der Waals surface area (Å²) in [5.41, 5.74) is 3.00. The van der Waals surface area contributed by atoms with Crippen molar-refractivity contribution in [2.75, 3.05) is 0 Å². The predicted molar refractivity (Wildman–Crippen MR) is 76.4 cm³/mol. The van der Waals surface area contributed by atoms with Crippen LogP contribution in [0.4, 0.5) is 0 Å². The molecule has 0 unspecified atom stereocenters. The van der Waals surface area contributed by atoms with Crippen molar-refractivity contribution in [2.24, 2.45) is 0 Å².